The smallest absolute Gasteiger partial charge is 0.338 e. The molecule has 0 saturated heterocycles. The van der Waals surface area contributed by atoms with Gasteiger partial charge in [0.05, 0.1) is 17.1 Å². The van der Waals surface area contributed by atoms with Crippen molar-refractivity contribution in [2.45, 2.75) is 31.6 Å². The molecule has 1 aromatic rings. The summed E-state index contributed by atoms with van der Waals surface area (Å²) < 4.78 is 31.4. The zero-order valence-corrected chi connectivity index (χ0v) is 13.3. The average molecular weight is 329 g/mol. The number of hydrogen-bond donors (Lipinski definition) is 2. The minimum atomic E-state index is -3.80. The van der Waals surface area contributed by atoms with Gasteiger partial charge in [0, 0.05) is 13.0 Å². The summed E-state index contributed by atoms with van der Waals surface area (Å²) in [5.41, 5.74) is 0.804. The Kier molecular flexibility index (Phi) is 6.51. The van der Waals surface area contributed by atoms with Crippen molar-refractivity contribution in [3.8, 4) is 0 Å². The molecular weight excluding hydrogens is 310 g/mol. The predicted molar refractivity (Wildman–Crippen MR) is 79.2 cm³/mol. The van der Waals surface area contributed by atoms with Gasteiger partial charge in [-0.25, -0.2) is 17.9 Å². The summed E-state index contributed by atoms with van der Waals surface area (Å²) in [6.07, 6.45) is 0.0651. The van der Waals surface area contributed by atoms with Crippen molar-refractivity contribution in [2.75, 3.05) is 13.2 Å². The summed E-state index contributed by atoms with van der Waals surface area (Å²) in [5.74, 6) is -1.57. The second kappa shape index (κ2) is 7.90. The van der Waals surface area contributed by atoms with Crippen molar-refractivity contribution in [1.29, 1.82) is 0 Å². The summed E-state index contributed by atoms with van der Waals surface area (Å²) in [4.78, 5) is 22.1. The highest BCUT2D eigenvalue weighted by atomic mass is 32.2. The van der Waals surface area contributed by atoms with Gasteiger partial charge >= 0.3 is 11.9 Å². The van der Waals surface area contributed by atoms with Crippen LogP contribution in [0.1, 0.15) is 35.7 Å². The Morgan fingerprint density at radius 2 is 2.00 bits per heavy atom. The van der Waals surface area contributed by atoms with Gasteiger partial charge in [0.25, 0.3) is 0 Å². The van der Waals surface area contributed by atoms with Crippen molar-refractivity contribution >= 4 is 22.0 Å². The number of carboxylic acids is 1. The number of carbonyl (C=O) groups excluding carboxylic acids is 1. The lowest BCUT2D eigenvalue weighted by atomic mass is 10.1. The number of benzene rings is 1. The molecule has 0 atom stereocenters. The number of nitrogens with one attached hydrogen (secondary N) is 1. The second-order valence-electron chi connectivity index (χ2n) is 4.59. The van der Waals surface area contributed by atoms with E-state index < -0.39 is 22.0 Å². The number of aliphatic carboxylic acids is 1. The van der Waals surface area contributed by atoms with Crippen LogP contribution in [-0.4, -0.2) is 38.6 Å². The first kappa shape index (κ1) is 18.1. The fourth-order valence-corrected chi connectivity index (χ4v) is 2.83. The molecular formula is C14H19NO6S. The van der Waals surface area contributed by atoms with E-state index in [9.17, 15) is 18.0 Å². The quantitative estimate of drug-likeness (QED) is 0.550. The van der Waals surface area contributed by atoms with Crippen LogP contribution in [0.5, 0.6) is 0 Å². The molecule has 1 rings (SSSR count). The Morgan fingerprint density at radius 3 is 2.59 bits per heavy atom. The SMILES string of the molecule is CCOC(=O)c1cc(S(=O)(=O)NCCCC(=O)O)ccc1C. The van der Waals surface area contributed by atoms with Gasteiger partial charge in [-0.05, 0) is 38.0 Å². The molecule has 0 spiro atoms. The van der Waals surface area contributed by atoms with Crippen LogP contribution in [0.3, 0.4) is 0 Å². The molecule has 0 aliphatic heterocycles. The van der Waals surface area contributed by atoms with E-state index >= 15 is 0 Å². The Morgan fingerprint density at radius 1 is 1.32 bits per heavy atom. The van der Waals surface area contributed by atoms with Crippen LogP contribution in [0.4, 0.5) is 0 Å². The van der Waals surface area contributed by atoms with Gasteiger partial charge in [-0.1, -0.05) is 6.07 Å². The van der Waals surface area contributed by atoms with Crippen molar-refractivity contribution in [3.05, 3.63) is 29.3 Å². The number of rotatable bonds is 8. The minimum absolute atomic E-state index is 0.0112. The fourth-order valence-electron chi connectivity index (χ4n) is 1.73. The average Bonchev–Trinajstić information content (AvgIpc) is 2.44. The molecule has 7 nitrogen and oxygen atoms in total. The monoisotopic (exact) mass is 329 g/mol. The molecule has 122 valence electrons. The number of hydrogen-bond acceptors (Lipinski definition) is 5. The van der Waals surface area contributed by atoms with E-state index in [-0.39, 0.29) is 36.5 Å². The summed E-state index contributed by atoms with van der Waals surface area (Å²) in [5, 5.41) is 8.51. The molecule has 0 heterocycles. The maximum absolute atomic E-state index is 12.1. The highest BCUT2D eigenvalue weighted by Crippen LogP contribution is 2.16. The summed E-state index contributed by atoms with van der Waals surface area (Å²) in [6.45, 7) is 3.56. The predicted octanol–water partition coefficient (Wildman–Crippen LogP) is 1.31. The Bertz CT molecular complexity index is 653. The maximum atomic E-state index is 12.1. The molecule has 0 aliphatic rings. The van der Waals surface area contributed by atoms with Crippen molar-refractivity contribution in [2.24, 2.45) is 0 Å². The van der Waals surface area contributed by atoms with E-state index in [0.717, 1.165) is 0 Å². The molecule has 0 aliphatic carbocycles. The first-order valence-electron chi connectivity index (χ1n) is 6.77. The van der Waals surface area contributed by atoms with Crippen LogP contribution in [0.15, 0.2) is 23.1 Å². The second-order valence-corrected chi connectivity index (χ2v) is 6.36. The summed E-state index contributed by atoms with van der Waals surface area (Å²) >= 11 is 0. The van der Waals surface area contributed by atoms with Gasteiger partial charge in [0.1, 0.15) is 0 Å². The van der Waals surface area contributed by atoms with Gasteiger partial charge < -0.3 is 9.84 Å². The molecule has 0 amide bonds. The molecule has 0 saturated carbocycles. The van der Waals surface area contributed by atoms with Crippen molar-refractivity contribution < 1.29 is 27.9 Å². The Balaban J connectivity index is 2.88. The third-order valence-corrected chi connectivity index (χ3v) is 4.33. The van der Waals surface area contributed by atoms with E-state index in [0.29, 0.717) is 5.56 Å². The molecule has 1 aromatic carbocycles. The highest BCUT2D eigenvalue weighted by molar-refractivity contribution is 7.89. The highest BCUT2D eigenvalue weighted by Gasteiger charge is 2.18. The summed E-state index contributed by atoms with van der Waals surface area (Å²) in [6, 6.07) is 4.17. The standard InChI is InChI=1S/C14H19NO6S/c1-3-21-14(18)12-9-11(7-6-10(12)2)22(19,20)15-8-4-5-13(16)17/h6-7,9,15H,3-5,8H2,1-2H3,(H,16,17). The van der Waals surface area contributed by atoms with Gasteiger partial charge in [-0.15, -0.1) is 0 Å². The summed E-state index contributed by atoms with van der Waals surface area (Å²) in [7, 11) is -3.80. The first-order valence-corrected chi connectivity index (χ1v) is 8.25. The zero-order valence-electron chi connectivity index (χ0n) is 12.5. The number of sulfonamides is 1. The number of esters is 1. The third-order valence-electron chi connectivity index (χ3n) is 2.87. The van der Waals surface area contributed by atoms with E-state index in [2.05, 4.69) is 4.72 Å². The molecule has 0 radical (unpaired) electrons. The van der Waals surface area contributed by atoms with Gasteiger partial charge in [-0.3, -0.25) is 4.79 Å². The van der Waals surface area contributed by atoms with Crippen LogP contribution in [0.25, 0.3) is 0 Å². The molecule has 0 fully saturated rings. The lowest BCUT2D eigenvalue weighted by Gasteiger charge is -2.10. The molecule has 22 heavy (non-hydrogen) atoms. The maximum Gasteiger partial charge on any atom is 0.338 e. The number of carbonyl (C=O) groups is 2. The van der Waals surface area contributed by atoms with E-state index in [4.69, 9.17) is 9.84 Å². The van der Waals surface area contributed by atoms with Crippen LogP contribution in [-0.2, 0) is 19.6 Å². The number of carboxylic acid groups (broad SMARTS) is 1. The van der Waals surface area contributed by atoms with Crippen molar-refractivity contribution in [3.63, 3.8) is 0 Å². The van der Waals surface area contributed by atoms with Crippen LogP contribution in [0.2, 0.25) is 0 Å². The fraction of sp³-hybridized carbons (Fsp3) is 0.429. The minimum Gasteiger partial charge on any atom is -0.481 e. The Labute approximate surface area is 129 Å². The van der Waals surface area contributed by atoms with Crippen LogP contribution >= 0.6 is 0 Å². The van der Waals surface area contributed by atoms with E-state index in [1.165, 1.54) is 18.2 Å². The number of ether oxygens (including phenoxy) is 1. The lowest BCUT2D eigenvalue weighted by molar-refractivity contribution is -0.137. The first-order chi connectivity index (χ1) is 10.3. The normalized spacial score (nSPS) is 11.2. The molecule has 0 aromatic heterocycles. The van der Waals surface area contributed by atoms with Gasteiger partial charge in [-0.2, -0.15) is 0 Å². The van der Waals surface area contributed by atoms with E-state index in [1.807, 2.05) is 0 Å². The van der Waals surface area contributed by atoms with Gasteiger partial charge in [0.15, 0.2) is 0 Å². The van der Waals surface area contributed by atoms with Crippen LogP contribution < -0.4 is 4.72 Å². The molecule has 0 unspecified atom stereocenters. The molecule has 0 bridgehead atoms. The topological polar surface area (TPSA) is 110 Å². The van der Waals surface area contributed by atoms with Gasteiger partial charge in [0.2, 0.25) is 10.0 Å². The zero-order chi connectivity index (χ0) is 16.8. The molecule has 2 N–H and O–H groups in total. The van der Waals surface area contributed by atoms with E-state index in [1.54, 1.807) is 13.8 Å². The van der Waals surface area contributed by atoms with Crippen molar-refractivity contribution in [1.82, 2.24) is 4.72 Å². The van der Waals surface area contributed by atoms with Crippen LogP contribution in [0, 0.1) is 6.92 Å². The number of aryl methyl sites for hydroxylation is 1. The molecule has 8 heteroatoms. The largest absolute Gasteiger partial charge is 0.481 e. The third kappa shape index (κ3) is 5.12. The Hall–Kier alpha value is -1.93. The lowest BCUT2D eigenvalue weighted by Crippen LogP contribution is -2.25.